The first kappa shape index (κ1) is 30.3. The van der Waals surface area contributed by atoms with Crippen LogP contribution in [0.4, 0.5) is 0 Å². The topological polar surface area (TPSA) is 104 Å². The van der Waals surface area contributed by atoms with Crippen LogP contribution < -0.4 is 4.72 Å². The number of rotatable bonds is 10. The lowest BCUT2D eigenvalue weighted by molar-refractivity contribution is -0.161. The van der Waals surface area contributed by atoms with E-state index >= 15 is 0 Å². The standard InChI is InChI=1S/C29H29Cl3N2O5S2/c1-29(15-25(35)36)14-22(19-3-2-4-21(31)13-19)27(18-7-9-20(30)10-8-18)34(28(29)37)23(17-5-6-17)16-33-41(38,39)26-12-11-24(32)40-26/h2-4,7-13,17,22-23,27,33H,5-6,14-16H2,1H3,(H,35,36)/t22-,23-,27-,29+/m1/s1. The average molecular weight is 656 g/mol. The zero-order chi connectivity index (χ0) is 29.5. The number of amides is 1. The van der Waals surface area contributed by atoms with Gasteiger partial charge in [-0.3, -0.25) is 9.59 Å². The number of thiophene rings is 1. The Labute approximate surface area is 258 Å². The monoisotopic (exact) mass is 654 g/mol. The van der Waals surface area contributed by atoms with Crippen LogP contribution in [-0.2, 0) is 19.6 Å². The lowest BCUT2D eigenvalue weighted by atomic mass is 9.67. The van der Waals surface area contributed by atoms with Crippen molar-refractivity contribution >= 4 is 68.0 Å². The summed E-state index contributed by atoms with van der Waals surface area (Å²) in [6.45, 7) is 1.66. The first-order valence-electron chi connectivity index (χ1n) is 13.2. The van der Waals surface area contributed by atoms with Gasteiger partial charge >= 0.3 is 5.97 Å². The van der Waals surface area contributed by atoms with Gasteiger partial charge in [0.1, 0.15) is 4.21 Å². The number of likely N-dealkylation sites (tertiary alicyclic amines) is 1. The number of nitrogens with zero attached hydrogens (tertiary/aromatic N) is 1. The maximum Gasteiger partial charge on any atom is 0.304 e. The summed E-state index contributed by atoms with van der Waals surface area (Å²) in [4.78, 5) is 28.3. The molecule has 3 aromatic rings. The highest BCUT2D eigenvalue weighted by Crippen LogP contribution is 2.54. The van der Waals surface area contributed by atoms with Crippen molar-refractivity contribution in [2.75, 3.05) is 6.54 Å². The molecule has 41 heavy (non-hydrogen) atoms. The number of carboxylic acid groups (broad SMARTS) is 1. The van der Waals surface area contributed by atoms with Gasteiger partial charge in [-0.1, -0.05) is 66.0 Å². The molecule has 1 aromatic heterocycles. The van der Waals surface area contributed by atoms with Gasteiger partial charge in [-0.05, 0) is 72.7 Å². The van der Waals surface area contributed by atoms with E-state index in [1.165, 1.54) is 12.1 Å². The van der Waals surface area contributed by atoms with Crippen LogP contribution in [0, 0.1) is 11.3 Å². The molecule has 7 nitrogen and oxygen atoms in total. The summed E-state index contributed by atoms with van der Waals surface area (Å²) in [7, 11) is -3.89. The van der Waals surface area contributed by atoms with Crippen LogP contribution in [0.25, 0.3) is 0 Å². The molecule has 2 aromatic carbocycles. The third kappa shape index (κ3) is 6.60. The van der Waals surface area contributed by atoms with Crippen molar-refractivity contribution in [3.8, 4) is 0 Å². The van der Waals surface area contributed by atoms with Gasteiger partial charge in [0.2, 0.25) is 15.9 Å². The highest BCUT2D eigenvalue weighted by atomic mass is 35.5. The molecule has 1 aliphatic carbocycles. The predicted octanol–water partition coefficient (Wildman–Crippen LogP) is 7.00. The molecule has 2 N–H and O–H groups in total. The minimum absolute atomic E-state index is 0.0240. The van der Waals surface area contributed by atoms with E-state index in [1.54, 1.807) is 30.0 Å². The molecule has 218 valence electrons. The molecule has 0 spiro atoms. The van der Waals surface area contributed by atoms with Gasteiger partial charge < -0.3 is 10.0 Å². The van der Waals surface area contributed by atoms with Gasteiger partial charge in [0, 0.05) is 28.5 Å². The second-order valence-electron chi connectivity index (χ2n) is 11.0. The Bertz CT molecular complexity index is 1560. The lowest BCUT2D eigenvalue weighted by Crippen LogP contribution is -2.59. The number of nitrogens with one attached hydrogen (secondary N) is 1. The molecular formula is C29H29Cl3N2O5S2. The molecule has 1 saturated carbocycles. The van der Waals surface area contributed by atoms with Crippen molar-refractivity contribution in [2.24, 2.45) is 11.3 Å². The van der Waals surface area contributed by atoms with E-state index in [1.807, 2.05) is 30.3 Å². The van der Waals surface area contributed by atoms with Crippen LogP contribution >= 0.6 is 46.1 Å². The predicted molar refractivity (Wildman–Crippen MR) is 161 cm³/mol. The number of aliphatic carboxylic acids is 1. The van der Waals surface area contributed by atoms with Gasteiger partial charge in [-0.2, -0.15) is 0 Å². The highest BCUT2D eigenvalue weighted by molar-refractivity contribution is 7.91. The van der Waals surface area contributed by atoms with Gasteiger partial charge in [-0.15, -0.1) is 11.3 Å². The summed E-state index contributed by atoms with van der Waals surface area (Å²) < 4.78 is 29.5. The molecular weight excluding hydrogens is 627 g/mol. The van der Waals surface area contributed by atoms with E-state index in [9.17, 15) is 23.1 Å². The van der Waals surface area contributed by atoms with Gasteiger partial charge in [0.15, 0.2) is 0 Å². The number of benzene rings is 2. The largest absolute Gasteiger partial charge is 0.481 e. The number of carboxylic acids is 1. The van der Waals surface area contributed by atoms with Crippen LogP contribution in [0.2, 0.25) is 14.4 Å². The van der Waals surface area contributed by atoms with Crippen LogP contribution in [-0.4, -0.2) is 42.9 Å². The van der Waals surface area contributed by atoms with Gasteiger partial charge in [-0.25, -0.2) is 13.1 Å². The highest BCUT2D eigenvalue weighted by Gasteiger charge is 2.54. The van der Waals surface area contributed by atoms with Crippen molar-refractivity contribution in [3.05, 3.63) is 86.2 Å². The first-order valence-corrected chi connectivity index (χ1v) is 16.6. The summed E-state index contributed by atoms with van der Waals surface area (Å²) in [5.74, 6) is -1.65. The van der Waals surface area contributed by atoms with Crippen LogP contribution in [0.5, 0.6) is 0 Å². The van der Waals surface area contributed by atoms with Crippen molar-refractivity contribution < 1.29 is 23.1 Å². The van der Waals surface area contributed by atoms with Crippen LogP contribution in [0.3, 0.4) is 0 Å². The number of carbonyl (C=O) groups is 2. The molecule has 1 aliphatic heterocycles. The van der Waals surface area contributed by atoms with E-state index in [-0.39, 0.29) is 41.3 Å². The molecule has 1 saturated heterocycles. The van der Waals surface area contributed by atoms with E-state index in [4.69, 9.17) is 34.8 Å². The quantitative estimate of drug-likeness (QED) is 0.245. The minimum atomic E-state index is -3.89. The molecule has 2 heterocycles. The van der Waals surface area contributed by atoms with Crippen molar-refractivity contribution in [1.82, 2.24) is 9.62 Å². The maximum atomic E-state index is 14.5. The van der Waals surface area contributed by atoms with E-state index in [2.05, 4.69) is 4.72 Å². The summed E-state index contributed by atoms with van der Waals surface area (Å²) >= 11 is 19.6. The molecule has 5 rings (SSSR count). The third-order valence-corrected chi connectivity index (χ3v) is 11.6. The zero-order valence-electron chi connectivity index (χ0n) is 22.1. The fraction of sp³-hybridized carbons (Fsp3) is 0.379. The van der Waals surface area contributed by atoms with Crippen LogP contribution in [0.1, 0.15) is 55.7 Å². The molecule has 0 radical (unpaired) electrons. The Morgan fingerprint density at radius 2 is 1.78 bits per heavy atom. The Morgan fingerprint density at radius 1 is 1.07 bits per heavy atom. The van der Waals surface area contributed by atoms with Crippen molar-refractivity contribution in [3.63, 3.8) is 0 Å². The number of sulfonamides is 1. The number of hydrogen-bond acceptors (Lipinski definition) is 5. The van der Waals surface area contributed by atoms with Gasteiger partial charge in [0.05, 0.1) is 22.2 Å². The number of hydrogen-bond donors (Lipinski definition) is 2. The second kappa shape index (κ2) is 11.9. The fourth-order valence-corrected chi connectivity index (χ4v) is 8.83. The summed E-state index contributed by atoms with van der Waals surface area (Å²) in [6, 6.07) is 16.6. The molecule has 2 aliphatic rings. The summed E-state index contributed by atoms with van der Waals surface area (Å²) in [5.41, 5.74) is 0.466. The minimum Gasteiger partial charge on any atom is -0.481 e. The van der Waals surface area contributed by atoms with E-state index in [0.29, 0.717) is 14.4 Å². The Kier molecular flexibility index (Phi) is 8.77. The molecule has 4 atom stereocenters. The SMILES string of the molecule is C[C@@]1(CC(=O)O)C[C@H](c2cccc(Cl)c2)[C@@H](c2ccc(Cl)cc2)N([C@H](CNS(=O)(=O)c2ccc(Cl)s2)C2CC2)C1=O. The Balaban J connectivity index is 1.62. The Morgan fingerprint density at radius 3 is 2.37 bits per heavy atom. The summed E-state index contributed by atoms with van der Waals surface area (Å²) in [6.07, 6.45) is 1.57. The van der Waals surface area contributed by atoms with Crippen molar-refractivity contribution in [1.29, 1.82) is 0 Å². The molecule has 0 bridgehead atoms. The lowest BCUT2D eigenvalue weighted by Gasteiger charge is -2.52. The first-order chi connectivity index (χ1) is 19.4. The maximum absolute atomic E-state index is 14.5. The second-order valence-corrected chi connectivity index (χ2v) is 15.6. The van der Waals surface area contributed by atoms with Crippen molar-refractivity contribution in [2.45, 2.75) is 54.8 Å². The molecule has 0 unspecified atom stereocenters. The molecule has 2 fully saturated rings. The smallest absolute Gasteiger partial charge is 0.304 e. The average Bonchev–Trinajstić information content (AvgIpc) is 3.65. The third-order valence-electron chi connectivity index (χ3n) is 7.95. The van der Waals surface area contributed by atoms with Crippen LogP contribution in [0.15, 0.2) is 64.9 Å². The fourth-order valence-electron chi connectivity index (χ4n) is 5.93. The zero-order valence-corrected chi connectivity index (χ0v) is 26.0. The van der Waals surface area contributed by atoms with E-state index in [0.717, 1.165) is 35.3 Å². The number of carbonyl (C=O) groups excluding carboxylic acids is 1. The summed E-state index contributed by atoms with van der Waals surface area (Å²) in [5, 5.41) is 10.9. The number of piperidine rings is 1. The molecule has 1 amide bonds. The number of halogens is 3. The molecule has 12 heteroatoms. The normalized spacial score (nSPS) is 23.9. The Hall–Kier alpha value is -2.14. The van der Waals surface area contributed by atoms with Gasteiger partial charge in [0.25, 0.3) is 0 Å². The van der Waals surface area contributed by atoms with E-state index < -0.39 is 33.5 Å².